The van der Waals surface area contributed by atoms with Crippen molar-refractivity contribution in [1.82, 2.24) is 14.9 Å². The molecule has 5 heteroatoms. The second-order valence-corrected chi connectivity index (χ2v) is 6.15. The number of aromatic nitrogens is 2. The van der Waals surface area contributed by atoms with Crippen molar-refractivity contribution in [2.45, 2.75) is 56.7 Å². The van der Waals surface area contributed by atoms with E-state index in [-0.39, 0.29) is 11.9 Å². The zero-order valence-corrected chi connectivity index (χ0v) is 11.4. The first-order valence-electron chi connectivity index (χ1n) is 7.16. The van der Waals surface area contributed by atoms with E-state index >= 15 is 0 Å². The van der Waals surface area contributed by atoms with Crippen LogP contribution < -0.4 is 11.1 Å². The fraction of sp³-hybridized carbons (Fsp3) is 0.714. The Morgan fingerprint density at radius 3 is 2.84 bits per heavy atom. The molecular formula is C14H22N4O. The van der Waals surface area contributed by atoms with Crippen molar-refractivity contribution >= 4 is 5.91 Å². The van der Waals surface area contributed by atoms with Crippen LogP contribution in [0.2, 0.25) is 0 Å². The van der Waals surface area contributed by atoms with Crippen LogP contribution in [0, 0.1) is 5.92 Å². The average molecular weight is 262 g/mol. The zero-order chi connectivity index (χ0) is 13.5. The molecule has 0 spiro atoms. The van der Waals surface area contributed by atoms with E-state index in [2.05, 4.69) is 14.9 Å². The van der Waals surface area contributed by atoms with Gasteiger partial charge < -0.3 is 15.6 Å². The van der Waals surface area contributed by atoms with Crippen molar-refractivity contribution in [2.24, 2.45) is 11.7 Å². The highest BCUT2D eigenvalue weighted by atomic mass is 16.2. The van der Waals surface area contributed by atoms with E-state index < -0.39 is 5.54 Å². The summed E-state index contributed by atoms with van der Waals surface area (Å²) >= 11 is 0. The second kappa shape index (κ2) is 4.63. The van der Waals surface area contributed by atoms with Crippen LogP contribution in [0.5, 0.6) is 0 Å². The molecule has 1 amide bonds. The number of rotatable bonds is 4. The van der Waals surface area contributed by atoms with Crippen molar-refractivity contribution in [1.29, 1.82) is 0 Å². The molecule has 5 nitrogen and oxygen atoms in total. The number of amides is 1. The highest BCUT2D eigenvalue weighted by Gasteiger charge is 2.45. The molecule has 3 rings (SSSR count). The lowest BCUT2D eigenvalue weighted by Gasteiger charge is -2.28. The number of imidazole rings is 1. The Labute approximate surface area is 113 Å². The van der Waals surface area contributed by atoms with E-state index in [1.54, 1.807) is 6.20 Å². The van der Waals surface area contributed by atoms with Gasteiger partial charge in [-0.15, -0.1) is 0 Å². The average Bonchev–Trinajstić information content (AvgIpc) is 2.92. The molecule has 2 fully saturated rings. The van der Waals surface area contributed by atoms with Gasteiger partial charge in [-0.2, -0.15) is 0 Å². The minimum absolute atomic E-state index is 0.00650. The fourth-order valence-corrected chi connectivity index (χ4v) is 3.12. The Balaban J connectivity index is 1.67. The molecule has 0 radical (unpaired) electrons. The molecule has 1 heterocycles. The van der Waals surface area contributed by atoms with Gasteiger partial charge in [0, 0.05) is 18.4 Å². The van der Waals surface area contributed by atoms with Crippen LogP contribution in [0.4, 0.5) is 0 Å². The quantitative estimate of drug-likeness (QED) is 0.857. The van der Waals surface area contributed by atoms with E-state index in [9.17, 15) is 4.79 Å². The Hall–Kier alpha value is -1.36. The number of nitrogens with two attached hydrogens (primary N) is 1. The van der Waals surface area contributed by atoms with Crippen LogP contribution in [-0.4, -0.2) is 27.0 Å². The van der Waals surface area contributed by atoms with Crippen molar-refractivity contribution in [3.8, 4) is 0 Å². The molecule has 104 valence electrons. The molecule has 3 atom stereocenters. The summed E-state index contributed by atoms with van der Waals surface area (Å²) in [6.07, 6.45) is 11.0. The minimum atomic E-state index is -0.706. The Bertz CT molecular complexity index is 450. The maximum Gasteiger partial charge on any atom is 0.240 e. The van der Waals surface area contributed by atoms with E-state index in [1.807, 2.05) is 19.4 Å². The predicted octanol–water partition coefficient (Wildman–Crippen LogP) is 1.22. The van der Waals surface area contributed by atoms with Gasteiger partial charge in [0.1, 0.15) is 0 Å². The summed E-state index contributed by atoms with van der Waals surface area (Å²) in [5.41, 5.74) is 5.47. The third kappa shape index (κ3) is 2.39. The van der Waals surface area contributed by atoms with Gasteiger partial charge >= 0.3 is 0 Å². The molecule has 1 aromatic heterocycles. The maximum atomic E-state index is 12.4. The molecule has 2 aliphatic rings. The molecule has 2 saturated carbocycles. The van der Waals surface area contributed by atoms with Crippen LogP contribution in [0.15, 0.2) is 18.7 Å². The monoisotopic (exact) mass is 262 g/mol. The first kappa shape index (κ1) is 12.7. The third-order valence-electron chi connectivity index (χ3n) is 4.62. The van der Waals surface area contributed by atoms with Gasteiger partial charge in [-0.25, -0.2) is 4.98 Å². The lowest BCUT2D eigenvalue weighted by molar-refractivity contribution is -0.127. The summed E-state index contributed by atoms with van der Waals surface area (Å²) in [6, 6.07) is 0.504. The normalized spacial score (nSPS) is 30.0. The lowest BCUT2D eigenvalue weighted by atomic mass is 9.95. The first-order valence-corrected chi connectivity index (χ1v) is 7.16. The number of carbonyl (C=O) groups is 1. The van der Waals surface area contributed by atoms with Crippen molar-refractivity contribution < 1.29 is 4.79 Å². The second-order valence-electron chi connectivity index (χ2n) is 6.15. The minimum Gasteiger partial charge on any atom is -0.350 e. The Kier molecular flexibility index (Phi) is 3.09. The van der Waals surface area contributed by atoms with Crippen LogP contribution >= 0.6 is 0 Å². The molecule has 3 unspecified atom stereocenters. The van der Waals surface area contributed by atoms with Gasteiger partial charge in [0.15, 0.2) is 0 Å². The summed E-state index contributed by atoms with van der Waals surface area (Å²) in [6.45, 7) is 1.86. The highest BCUT2D eigenvalue weighted by Crippen LogP contribution is 2.38. The predicted molar refractivity (Wildman–Crippen MR) is 72.4 cm³/mol. The van der Waals surface area contributed by atoms with E-state index in [1.165, 1.54) is 0 Å². The zero-order valence-electron chi connectivity index (χ0n) is 11.4. The van der Waals surface area contributed by atoms with Gasteiger partial charge in [-0.3, -0.25) is 4.79 Å². The molecule has 0 saturated heterocycles. The number of hydrogen-bond acceptors (Lipinski definition) is 3. The van der Waals surface area contributed by atoms with Gasteiger partial charge in [0.25, 0.3) is 0 Å². The van der Waals surface area contributed by atoms with Gasteiger partial charge in [0.05, 0.1) is 17.9 Å². The fourth-order valence-electron chi connectivity index (χ4n) is 3.12. The first-order chi connectivity index (χ1) is 9.09. The van der Waals surface area contributed by atoms with Crippen LogP contribution in [0.25, 0.3) is 0 Å². The summed E-state index contributed by atoms with van der Waals surface area (Å²) in [7, 11) is 0. The molecule has 3 N–H and O–H groups in total. The number of nitrogens with zero attached hydrogens (tertiary/aromatic N) is 2. The summed E-state index contributed by atoms with van der Waals surface area (Å²) in [5, 5.41) is 3.17. The van der Waals surface area contributed by atoms with Crippen LogP contribution in [0.3, 0.4) is 0 Å². The molecule has 0 bridgehead atoms. The lowest BCUT2D eigenvalue weighted by Crippen LogP contribution is -2.56. The van der Waals surface area contributed by atoms with E-state index in [0.717, 1.165) is 32.1 Å². The summed E-state index contributed by atoms with van der Waals surface area (Å²) in [5.74, 6) is 0.368. The Morgan fingerprint density at radius 1 is 1.42 bits per heavy atom. The third-order valence-corrected chi connectivity index (χ3v) is 4.62. The number of carbonyl (C=O) groups excluding carboxylic acids is 1. The number of hydrogen-bond donors (Lipinski definition) is 2. The highest BCUT2D eigenvalue weighted by molar-refractivity contribution is 5.86. The molecule has 19 heavy (non-hydrogen) atoms. The summed E-state index contributed by atoms with van der Waals surface area (Å²) in [4.78, 5) is 16.4. The van der Waals surface area contributed by atoms with Crippen molar-refractivity contribution in [3.63, 3.8) is 0 Å². The van der Waals surface area contributed by atoms with Gasteiger partial charge in [0.2, 0.25) is 5.91 Å². The maximum absolute atomic E-state index is 12.4. The van der Waals surface area contributed by atoms with Gasteiger partial charge in [-0.05, 0) is 44.9 Å². The standard InChI is InChI=1S/C14H22N4O/c1-14(15,10-5-6-10)13(19)17-11-3-2-4-12(11)18-8-7-16-9-18/h7-12H,2-6,15H2,1H3,(H,17,19). The molecule has 1 aromatic rings. The van der Waals surface area contributed by atoms with Gasteiger partial charge in [-0.1, -0.05) is 0 Å². The van der Waals surface area contributed by atoms with Crippen LogP contribution in [-0.2, 0) is 4.79 Å². The molecule has 2 aliphatic carbocycles. The topological polar surface area (TPSA) is 72.9 Å². The van der Waals surface area contributed by atoms with E-state index in [0.29, 0.717) is 12.0 Å². The van der Waals surface area contributed by atoms with E-state index in [4.69, 9.17) is 5.73 Å². The van der Waals surface area contributed by atoms with Crippen molar-refractivity contribution in [2.75, 3.05) is 0 Å². The summed E-state index contributed by atoms with van der Waals surface area (Å²) < 4.78 is 2.10. The molecule has 0 aliphatic heterocycles. The Morgan fingerprint density at radius 2 is 2.21 bits per heavy atom. The molecule has 0 aromatic carbocycles. The van der Waals surface area contributed by atoms with Crippen molar-refractivity contribution in [3.05, 3.63) is 18.7 Å². The van der Waals surface area contributed by atoms with Crippen LogP contribution in [0.1, 0.15) is 45.1 Å². The SMILES string of the molecule is CC(N)(C(=O)NC1CCCC1n1ccnc1)C1CC1. The molecular weight excluding hydrogens is 240 g/mol. The number of nitrogens with one attached hydrogen (secondary N) is 1. The smallest absolute Gasteiger partial charge is 0.240 e. The largest absolute Gasteiger partial charge is 0.350 e.